The Morgan fingerprint density at radius 2 is 2.23 bits per heavy atom. The van der Waals surface area contributed by atoms with Crippen molar-refractivity contribution < 1.29 is 14.3 Å². The highest BCUT2D eigenvalue weighted by atomic mass is 19.1. The van der Waals surface area contributed by atoms with E-state index in [2.05, 4.69) is 10.6 Å². The van der Waals surface area contributed by atoms with Crippen molar-refractivity contribution in [1.29, 1.82) is 0 Å². The molecule has 0 spiro atoms. The Morgan fingerprint density at radius 1 is 1.45 bits per heavy atom. The van der Waals surface area contributed by atoms with Crippen molar-refractivity contribution in [3.63, 3.8) is 0 Å². The second kappa shape index (κ2) is 7.58. The van der Waals surface area contributed by atoms with Gasteiger partial charge in [-0.2, -0.15) is 0 Å². The van der Waals surface area contributed by atoms with Gasteiger partial charge in [-0.1, -0.05) is 19.9 Å². The zero-order valence-corrected chi connectivity index (χ0v) is 13.2. The number of hydrogen-bond acceptors (Lipinski definition) is 2. The highest BCUT2D eigenvalue weighted by Gasteiger charge is 2.22. The van der Waals surface area contributed by atoms with Gasteiger partial charge in [-0.05, 0) is 54.9 Å². The number of urea groups is 1. The van der Waals surface area contributed by atoms with E-state index in [9.17, 15) is 14.3 Å². The summed E-state index contributed by atoms with van der Waals surface area (Å²) in [6, 6.07) is 4.37. The third-order valence-electron chi connectivity index (χ3n) is 4.22. The van der Waals surface area contributed by atoms with E-state index in [0.29, 0.717) is 13.0 Å². The molecule has 0 bridgehead atoms. The molecule has 1 aromatic carbocycles. The van der Waals surface area contributed by atoms with Crippen molar-refractivity contribution in [3.05, 3.63) is 35.1 Å². The van der Waals surface area contributed by atoms with Crippen LogP contribution in [0.5, 0.6) is 0 Å². The van der Waals surface area contributed by atoms with Crippen LogP contribution in [0.4, 0.5) is 9.18 Å². The minimum absolute atomic E-state index is 0.144. The van der Waals surface area contributed by atoms with Crippen molar-refractivity contribution in [2.75, 3.05) is 6.54 Å². The first-order valence-corrected chi connectivity index (χ1v) is 7.98. The second-order valence-electron chi connectivity index (χ2n) is 6.29. The van der Waals surface area contributed by atoms with Crippen LogP contribution in [-0.4, -0.2) is 23.8 Å². The molecule has 1 aromatic rings. The Balaban J connectivity index is 1.87. The number of nitrogens with one attached hydrogen (secondary N) is 2. The monoisotopic (exact) mass is 308 g/mol. The first-order chi connectivity index (χ1) is 10.5. The van der Waals surface area contributed by atoms with E-state index in [1.807, 2.05) is 13.8 Å². The number of rotatable bonds is 5. The number of benzene rings is 1. The predicted molar refractivity (Wildman–Crippen MR) is 84.1 cm³/mol. The molecule has 122 valence electrons. The molecule has 0 radical (unpaired) electrons. The Bertz CT molecular complexity index is 519. The molecule has 1 aliphatic rings. The highest BCUT2D eigenvalue weighted by molar-refractivity contribution is 5.74. The third kappa shape index (κ3) is 4.44. The van der Waals surface area contributed by atoms with E-state index >= 15 is 0 Å². The standard InChI is InChI=1S/C17H25FN2O2/c1-11(2)16(21)8-9-19-17(22)20-15-5-3-4-12-6-7-13(18)10-14(12)15/h6-7,10-11,15-16,21H,3-5,8-9H2,1-2H3,(H2,19,20,22). The van der Waals surface area contributed by atoms with Crippen LogP contribution in [0.3, 0.4) is 0 Å². The minimum Gasteiger partial charge on any atom is -0.393 e. The van der Waals surface area contributed by atoms with Crippen LogP contribution in [0, 0.1) is 11.7 Å². The van der Waals surface area contributed by atoms with Crippen LogP contribution >= 0.6 is 0 Å². The van der Waals surface area contributed by atoms with E-state index in [1.54, 1.807) is 6.07 Å². The van der Waals surface area contributed by atoms with Crippen LogP contribution in [0.2, 0.25) is 0 Å². The summed E-state index contributed by atoms with van der Waals surface area (Å²) < 4.78 is 13.4. The summed E-state index contributed by atoms with van der Waals surface area (Å²) in [6.45, 7) is 4.31. The van der Waals surface area contributed by atoms with E-state index in [4.69, 9.17) is 0 Å². The van der Waals surface area contributed by atoms with Crippen LogP contribution in [-0.2, 0) is 6.42 Å². The highest BCUT2D eigenvalue weighted by Crippen LogP contribution is 2.30. The van der Waals surface area contributed by atoms with Crippen molar-refractivity contribution in [3.8, 4) is 0 Å². The van der Waals surface area contributed by atoms with Gasteiger partial charge in [-0.15, -0.1) is 0 Å². The number of hydrogen-bond donors (Lipinski definition) is 3. The summed E-state index contributed by atoms with van der Waals surface area (Å²) in [7, 11) is 0. The van der Waals surface area contributed by atoms with Gasteiger partial charge in [-0.25, -0.2) is 9.18 Å². The van der Waals surface area contributed by atoms with Crippen LogP contribution < -0.4 is 10.6 Å². The lowest BCUT2D eigenvalue weighted by Crippen LogP contribution is -2.40. The molecular weight excluding hydrogens is 283 g/mol. The maximum atomic E-state index is 13.4. The molecule has 3 N–H and O–H groups in total. The van der Waals surface area contributed by atoms with Gasteiger partial charge < -0.3 is 15.7 Å². The molecule has 0 heterocycles. The first-order valence-electron chi connectivity index (χ1n) is 7.98. The molecule has 5 heteroatoms. The van der Waals surface area contributed by atoms with Crippen molar-refractivity contribution in [1.82, 2.24) is 10.6 Å². The summed E-state index contributed by atoms with van der Waals surface area (Å²) in [5.74, 6) is -0.0917. The van der Waals surface area contributed by atoms with Gasteiger partial charge in [0.25, 0.3) is 0 Å². The van der Waals surface area contributed by atoms with Gasteiger partial charge in [0.1, 0.15) is 5.82 Å². The summed E-state index contributed by atoms with van der Waals surface area (Å²) in [5, 5.41) is 15.4. The average Bonchev–Trinajstić information content (AvgIpc) is 2.47. The molecule has 2 rings (SSSR count). The zero-order valence-electron chi connectivity index (χ0n) is 13.2. The lowest BCUT2D eigenvalue weighted by molar-refractivity contribution is 0.116. The van der Waals surface area contributed by atoms with Crippen LogP contribution in [0.15, 0.2) is 18.2 Å². The summed E-state index contributed by atoms with van der Waals surface area (Å²) >= 11 is 0. The number of aryl methyl sites for hydroxylation is 1. The largest absolute Gasteiger partial charge is 0.393 e. The van der Waals surface area contributed by atoms with Gasteiger partial charge in [0.15, 0.2) is 0 Å². The Morgan fingerprint density at radius 3 is 2.95 bits per heavy atom. The summed E-state index contributed by atoms with van der Waals surface area (Å²) in [4.78, 5) is 12.0. The maximum absolute atomic E-state index is 13.4. The van der Waals surface area contributed by atoms with Crippen LogP contribution in [0.25, 0.3) is 0 Å². The lowest BCUT2D eigenvalue weighted by atomic mass is 9.87. The predicted octanol–water partition coefficient (Wildman–Crippen LogP) is 2.91. The number of carbonyl (C=O) groups is 1. The zero-order chi connectivity index (χ0) is 16.1. The van der Waals surface area contributed by atoms with Crippen molar-refractivity contribution in [2.24, 2.45) is 5.92 Å². The molecule has 2 atom stereocenters. The molecule has 22 heavy (non-hydrogen) atoms. The molecule has 4 nitrogen and oxygen atoms in total. The van der Waals surface area contributed by atoms with Crippen molar-refractivity contribution in [2.45, 2.75) is 51.7 Å². The molecule has 2 amide bonds. The number of aliphatic hydroxyl groups excluding tert-OH is 1. The normalized spacial score (nSPS) is 18.7. The van der Waals surface area contributed by atoms with E-state index in [0.717, 1.165) is 30.4 Å². The maximum Gasteiger partial charge on any atom is 0.315 e. The number of halogens is 1. The average molecular weight is 308 g/mol. The van der Waals surface area contributed by atoms with Gasteiger partial charge in [0.05, 0.1) is 12.1 Å². The third-order valence-corrected chi connectivity index (χ3v) is 4.22. The van der Waals surface area contributed by atoms with Gasteiger partial charge in [0.2, 0.25) is 0 Å². The second-order valence-corrected chi connectivity index (χ2v) is 6.29. The van der Waals surface area contributed by atoms with Gasteiger partial charge in [-0.3, -0.25) is 0 Å². The minimum atomic E-state index is -0.412. The smallest absolute Gasteiger partial charge is 0.315 e. The number of carbonyl (C=O) groups excluding carboxylic acids is 1. The lowest BCUT2D eigenvalue weighted by Gasteiger charge is -2.26. The summed E-state index contributed by atoms with van der Waals surface area (Å²) in [5.41, 5.74) is 1.98. The fraction of sp³-hybridized carbons (Fsp3) is 0.588. The fourth-order valence-corrected chi connectivity index (χ4v) is 2.80. The van der Waals surface area contributed by atoms with E-state index < -0.39 is 6.10 Å². The van der Waals surface area contributed by atoms with Crippen LogP contribution in [0.1, 0.15) is 50.3 Å². The topological polar surface area (TPSA) is 61.4 Å². The molecule has 0 aromatic heterocycles. The Labute approximate surface area is 131 Å². The molecule has 0 aliphatic heterocycles. The number of amides is 2. The molecule has 0 fully saturated rings. The van der Waals surface area contributed by atoms with Crippen molar-refractivity contribution >= 4 is 6.03 Å². The molecule has 0 saturated carbocycles. The molecule has 1 aliphatic carbocycles. The number of aliphatic hydroxyl groups is 1. The number of fused-ring (bicyclic) bond motifs is 1. The Hall–Kier alpha value is -1.62. The fourth-order valence-electron chi connectivity index (χ4n) is 2.80. The molecule has 2 unspecified atom stereocenters. The Kier molecular flexibility index (Phi) is 5.77. The van der Waals surface area contributed by atoms with E-state index in [-0.39, 0.29) is 23.8 Å². The van der Waals surface area contributed by atoms with Gasteiger partial charge >= 0.3 is 6.03 Å². The molecular formula is C17H25FN2O2. The SMILES string of the molecule is CC(C)C(O)CCNC(=O)NC1CCCc2ccc(F)cc21. The molecule has 0 saturated heterocycles. The van der Waals surface area contributed by atoms with E-state index in [1.165, 1.54) is 12.1 Å². The first kappa shape index (κ1) is 16.7. The van der Waals surface area contributed by atoms with Gasteiger partial charge in [0, 0.05) is 6.54 Å². The quantitative estimate of drug-likeness (QED) is 0.783. The summed E-state index contributed by atoms with van der Waals surface area (Å²) in [6.07, 6.45) is 2.84.